The van der Waals surface area contributed by atoms with Crippen LogP contribution in [0.4, 0.5) is 0 Å². The zero-order valence-electron chi connectivity index (χ0n) is 11.8. The van der Waals surface area contributed by atoms with Gasteiger partial charge in [-0.3, -0.25) is 4.79 Å². The van der Waals surface area contributed by atoms with Crippen LogP contribution in [0.25, 0.3) is 0 Å². The van der Waals surface area contributed by atoms with Gasteiger partial charge >= 0.3 is 0 Å². The predicted molar refractivity (Wildman–Crippen MR) is 79.0 cm³/mol. The highest BCUT2D eigenvalue weighted by molar-refractivity contribution is 6.18. The molecule has 4 heteroatoms. The molecule has 0 fully saturated rings. The summed E-state index contributed by atoms with van der Waals surface area (Å²) in [7, 11) is 0. The van der Waals surface area contributed by atoms with Crippen LogP contribution in [0, 0.1) is 0 Å². The number of alkyl halides is 1. The number of carbonyl (C=O) groups excluding carboxylic acids is 1. The lowest BCUT2D eigenvalue weighted by molar-refractivity contribution is -0.121. The third-order valence-corrected chi connectivity index (χ3v) is 2.97. The smallest absolute Gasteiger partial charge is 0.221 e. The van der Waals surface area contributed by atoms with E-state index in [1.165, 1.54) is 5.56 Å². The average Bonchev–Trinajstić information content (AvgIpc) is 2.37. The molecular weight excluding hydrogens is 262 g/mol. The molecule has 0 aliphatic rings. The molecular formula is C15H22ClNO2. The molecule has 1 rings (SSSR count). The molecule has 3 nitrogen and oxygen atoms in total. The van der Waals surface area contributed by atoms with Crippen LogP contribution in [0.1, 0.15) is 38.7 Å². The van der Waals surface area contributed by atoms with Gasteiger partial charge in [-0.15, -0.1) is 11.6 Å². The Kier molecular flexibility index (Phi) is 6.71. The van der Waals surface area contributed by atoms with Crippen LogP contribution in [0.5, 0.6) is 5.75 Å². The van der Waals surface area contributed by atoms with Gasteiger partial charge in [0.2, 0.25) is 5.91 Å². The molecule has 0 bridgehead atoms. The van der Waals surface area contributed by atoms with Crippen molar-refractivity contribution in [1.29, 1.82) is 0 Å². The van der Waals surface area contributed by atoms with Crippen molar-refractivity contribution in [3.05, 3.63) is 29.8 Å². The topological polar surface area (TPSA) is 38.3 Å². The minimum Gasteiger partial charge on any atom is -0.489 e. The third kappa shape index (κ3) is 5.52. The molecule has 106 valence electrons. The molecule has 1 aromatic rings. The summed E-state index contributed by atoms with van der Waals surface area (Å²) < 4.78 is 5.89. The first-order valence-corrected chi connectivity index (χ1v) is 7.16. The highest BCUT2D eigenvalue weighted by Crippen LogP contribution is 2.26. The van der Waals surface area contributed by atoms with Gasteiger partial charge in [0, 0.05) is 12.3 Å². The summed E-state index contributed by atoms with van der Waals surface area (Å²) in [6.07, 6.45) is 0.274. The number of carbonyl (C=O) groups is 1. The first kappa shape index (κ1) is 15.8. The predicted octanol–water partition coefficient (Wildman–Crippen LogP) is 3.32. The SMILES string of the molecule is CC(CNC(=O)CCCl)Oc1ccccc1C(C)C. The Labute approximate surface area is 120 Å². The minimum absolute atomic E-state index is 0.0393. The van der Waals surface area contributed by atoms with E-state index >= 15 is 0 Å². The van der Waals surface area contributed by atoms with Crippen LogP contribution in [0.3, 0.4) is 0 Å². The van der Waals surface area contributed by atoms with Gasteiger partial charge in [0.1, 0.15) is 11.9 Å². The van der Waals surface area contributed by atoms with Crippen molar-refractivity contribution in [1.82, 2.24) is 5.32 Å². The standard InChI is InChI=1S/C15H22ClNO2/c1-11(2)13-6-4-5-7-14(13)19-12(3)10-17-15(18)8-9-16/h4-7,11-12H,8-10H2,1-3H3,(H,17,18). The van der Waals surface area contributed by atoms with Gasteiger partial charge in [-0.25, -0.2) is 0 Å². The number of hydrogen-bond donors (Lipinski definition) is 1. The monoisotopic (exact) mass is 283 g/mol. The summed E-state index contributed by atoms with van der Waals surface area (Å²) in [6.45, 7) is 6.70. The van der Waals surface area contributed by atoms with Gasteiger partial charge in [0.25, 0.3) is 0 Å². The molecule has 0 aliphatic carbocycles. The number of ether oxygens (including phenoxy) is 1. The number of amides is 1. The molecule has 0 aliphatic heterocycles. The molecule has 1 amide bonds. The van der Waals surface area contributed by atoms with Crippen LogP contribution >= 0.6 is 11.6 Å². The van der Waals surface area contributed by atoms with E-state index in [0.29, 0.717) is 24.8 Å². The summed E-state index contributed by atoms with van der Waals surface area (Å²) in [5.41, 5.74) is 1.18. The number of hydrogen-bond acceptors (Lipinski definition) is 2. The molecule has 0 spiro atoms. The van der Waals surface area contributed by atoms with E-state index in [-0.39, 0.29) is 12.0 Å². The number of nitrogens with one attached hydrogen (secondary N) is 1. The Morgan fingerprint density at radius 3 is 2.63 bits per heavy atom. The lowest BCUT2D eigenvalue weighted by Crippen LogP contribution is -2.33. The van der Waals surface area contributed by atoms with Gasteiger partial charge < -0.3 is 10.1 Å². The maximum atomic E-state index is 11.3. The second-order valence-corrected chi connectivity index (χ2v) is 5.24. The normalized spacial score (nSPS) is 12.3. The van der Waals surface area contributed by atoms with Gasteiger partial charge in [-0.2, -0.15) is 0 Å². The first-order chi connectivity index (χ1) is 9.04. The molecule has 1 unspecified atom stereocenters. The van der Waals surface area contributed by atoms with E-state index in [0.717, 1.165) is 5.75 Å². The molecule has 19 heavy (non-hydrogen) atoms. The van der Waals surface area contributed by atoms with E-state index in [1.807, 2.05) is 25.1 Å². The average molecular weight is 284 g/mol. The van der Waals surface area contributed by atoms with E-state index in [2.05, 4.69) is 25.2 Å². The maximum absolute atomic E-state index is 11.3. The first-order valence-electron chi connectivity index (χ1n) is 6.62. The number of rotatable bonds is 7. The van der Waals surface area contributed by atoms with Crippen LogP contribution in [0.15, 0.2) is 24.3 Å². The number of para-hydroxylation sites is 1. The highest BCUT2D eigenvalue weighted by Gasteiger charge is 2.11. The zero-order chi connectivity index (χ0) is 14.3. The Hall–Kier alpha value is -1.22. The van der Waals surface area contributed by atoms with Crippen molar-refractivity contribution < 1.29 is 9.53 Å². The van der Waals surface area contributed by atoms with E-state index < -0.39 is 0 Å². The van der Waals surface area contributed by atoms with Crippen LogP contribution in [0.2, 0.25) is 0 Å². The van der Waals surface area contributed by atoms with E-state index in [4.69, 9.17) is 16.3 Å². The third-order valence-electron chi connectivity index (χ3n) is 2.78. The maximum Gasteiger partial charge on any atom is 0.221 e. The summed E-state index contributed by atoms with van der Waals surface area (Å²) in [4.78, 5) is 11.3. The van der Waals surface area contributed by atoms with Crippen LogP contribution < -0.4 is 10.1 Å². The van der Waals surface area contributed by atoms with Crippen molar-refractivity contribution in [2.75, 3.05) is 12.4 Å². The van der Waals surface area contributed by atoms with Gasteiger partial charge in [-0.1, -0.05) is 32.0 Å². The van der Waals surface area contributed by atoms with Crippen molar-refractivity contribution >= 4 is 17.5 Å². The quantitative estimate of drug-likeness (QED) is 0.780. The van der Waals surface area contributed by atoms with E-state index in [9.17, 15) is 4.79 Å². The van der Waals surface area contributed by atoms with Gasteiger partial charge in [-0.05, 0) is 24.5 Å². The number of benzene rings is 1. The minimum atomic E-state index is -0.0702. The molecule has 0 heterocycles. The van der Waals surface area contributed by atoms with Crippen molar-refractivity contribution in [2.24, 2.45) is 0 Å². The van der Waals surface area contributed by atoms with Crippen molar-refractivity contribution in [2.45, 2.75) is 39.2 Å². The Balaban J connectivity index is 2.52. The van der Waals surface area contributed by atoms with Gasteiger partial charge in [0.05, 0.1) is 6.54 Å². The lowest BCUT2D eigenvalue weighted by atomic mass is 10.0. The fourth-order valence-corrected chi connectivity index (χ4v) is 1.93. The van der Waals surface area contributed by atoms with Crippen LogP contribution in [-0.2, 0) is 4.79 Å². The largest absolute Gasteiger partial charge is 0.489 e. The second-order valence-electron chi connectivity index (χ2n) is 4.86. The molecule has 0 saturated carbocycles. The zero-order valence-corrected chi connectivity index (χ0v) is 12.5. The van der Waals surface area contributed by atoms with Crippen molar-refractivity contribution in [3.63, 3.8) is 0 Å². The summed E-state index contributed by atoms with van der Waals surface area (Å²) >= 11 is 5.51. The molecule has 1 aromatic carbocycles. The fourth-order valence-electron chi connectivity index (χ4n) is 1.76. The second kappa shape index (κ2) is 8.05. The fraction of sp³-hybridized carbons (Fsp3) is 0.533. The molecule has 1 atom stereocenters. The van der Waals surface area contributed by atoms with Gasteiger partial charge in [0.15, 0.2) is 0 Å². The van der Waals surface area contributed by atoms with Crippen LogP contribution in [-0.4, -0.2) is 24.4 Å². The lowest BCUT2D eigenvalue weighted by Gasteiger charge is -2.19. The molecule has 0 radical (unpaired) electrons. The number of halogens is 1. The molecule has 0 aromatic heterocycles. The van der Waals surface area contributed by atoms with Crippen molar-refractivity contribution in [3.8, 4) is 5.75 Å². The Morgan fingerprint density at radius 2 is 2.00 bits per heavy atom. The Morgan fingerprint density at radius 1 is 1.32 bits per heavy atom. The summed E-state index contributed by atoms with van der Waals surface area (Å²) in [5, 5.41) is 2.80. The highest BCUT2D eigenvalue weighted by atomic mass is 35.5. The van der Waals surface area contributed by atoms with E-state index in [1.54, 1.807) is 0 Å². The summed E-state index contributed by atoms with van der Waals surface area (Å²) in [6, 6.07) is 8.00. The molecule has 1 N–H and O–H groups in total. The molecule has 0 saturated heterocycles. The summed E-state index contributed by atoms with van der Waals surface area (Å²) in [5.74, 6) is 1.60. The Bertz CT molecular complexity index is 407.